The number of benzene rings is 3. The second kappa shape index (κ2) is 11.4. The summed E-state index contributed by atoms with van der Waals surface area (Å²) in [7, 11) is 4.21. The van der Waals surface area contributed by atoms with E-state index in [1.807, 2.05) is 6.07 Å². The SMILES string of the molecule is COc1cc(OCc2cccc(NC(=O)c3ccc(OC)c(C(F)(F)F)c3)c2)c2cc(-c3cn4nc(OC)sc4n3)oc2c1. The lowest BCUT2D eigenvalue weighted by molar-refractivity contribution is -0.138. The van der Waals surface area contributed by atoms with Crippen LogP contribution in [0.25, 0.3) is 27.4 Å². The van der Waals surface area contributed by atoms with Crippen LogP contribution in [0.4, 0.5) is 18.9 Å². The Morgan fingerprint density at radius 2 is 1.84 bits per heavy atom. The Morgan fingerprint density at radius 3 is 2.57 bits per heavy atom. The van der Waals surface area contributed by atoms with E-state index in [-0.39, 0.29) is 17.9 Å². The van der Waals surface area contributed by atoms with Gasteiger partial charge in [0.25, 0.3) is 11.1 Å². The second-order valence-electron chi connectivity index (χ2n) is 9.43. The molecule has 0 saturated carbocycles. The highest BCUT2D eigenvalue weighted by Crippen LogP contribution is 2.38. The third-order valence-corrected chi connectivity index (χ3v) is 7.49. The number of nitrogens with one attached hydrogen (secondary N) is 1. The van der Waals surface area contributed by atoms with Crippen molar-refractivity contribution < 1.29 is 41.3 Å². The van der Waals surface area contributed by atoms with Crippen molar-refractivity contribution >= 4 is 38.9 Å². The first kappa shape index (κ1) is 28.9. The van der Waals surface area contributed by atoms with Crippen LogP contribution in [0.5, 0.6) is 22.4 Å². The molecular formula is C30H23F3N4O6S. The molecule has 226 valence electrons. The molecule has 0 radical (unpaired) electrons. The van der Waals surface area contributed by atoms with Gasteiger partial charge in [0.2, 0.25) is 4.96 Å². The minimum atomic E-state index is -4.68. The number of alkyl halides is 3. The average molecular weight is 625 g/mol. The molecule has 0 bridgehead atoms. The highest BCUT2D eigenvalue weighted by atomic mass is 32.1. The summed E-state index contributed by atoms with van der Waals surface area (Å²) < 4.78 is 69.5. The van der Waals surface area contributed by atoms with E-state index in [0.29, 0.717) is 55.3 Å². The van der Waals surface area contributed by atoms with Gasteiger partial charge in [0, 0.05) is 23.4 Å². The van der Waals surface area contributed by atoms with Crippen LogP contribution in [0, 0.1) is 0 Å². The zero-order valence-corrected chi connectivity index (χ0v) is 24.2. The molecule has 44 heavy (non-hydrogen) atoms. The molecule has 0 aliphatic heterocycles. The molecule has 3 aromatic heterocycles. The van der Waals surface area contributed by atoms with E-state index in [9.17, 15) is 18.0 Å². The highest BCUT2D eigenvalue weighted by Gasteiger charge is 2.35. The van der Waals surface area contributed by atoms with Crippen LogP contribution in [0.15, 0.2) is 71.3 Å². The Bertz CT molecular complexity index is 1970. The Balaban J connectivity index is 1.21. The number of fused-ring (bicyclic) bond motifs is 2. The van der Waals surface area contributed by atoms with Crippen molar-refractivity contribution in [2.45, 2.75) is 12.8 Å². The number of nitrogens with zero attached hydrogens (tertiary/aromatic N) is 3. The number of methoxy groups -OCH3 is 3. The van der Waals surface area contributed by atoms with Gasteiger partial charge < -0.3 is 28.7 Å². The van der Waals surface area contributed by atoms with Crippen LogP contribution in [0.2, 0.25) is 0 Å². The monoisotopic (exact) mass is 624 g/mol. The summed E-state index contributed by atoms with van der Waals surface area (Å²) in [6.45, 7) is 0.108. The van der Waals surface area contributed by atoms with Crippen molar-refractivity contribution in [3.8, 4) is 33.9 Å². The molecule has 0 atom stereocenters. The van der Waals surface area contributed by atoms with Gasteiger partial charge in [0.05, 0.1) is 38.5 Å². The molecule has 1 amide bonds. The van der Waals surface area contributed by atoms with Crippen molar-refractivity contribution in [1.29, 1.82) is 0 Å². The Labute approximate surface area is 251 Å². The molecule has 3 aromatic carbocycles. The molecule has 0 aliphatic carbocycles. The summed E-state index contributed by atoms with van der Waals surface area (Å²) in [5.41, 5.74) is 0.979. The molecule has 6 aromatic rings. The minimum absolute atomic E-state index is 0.108. The molecule has 0 unspecified atom stereocenters. The molecule has 10 nitrogen and oxygen atoms in total. The van der Waals surface area contributed by atoms with E-state index < -0.39 is 17.6 Å². The third-order valence-electron chi connectivity index (χ3n) is 6.61. The summed E-state index contributed by atoms with van der Waals surface area (Å²) in [4.78, 5) is 18.0. The lowest BCUT2D eigenvalue weighted by Gasteiger charge is -2.14. The summed E-state index contributed by atoms with van der Waals surface area (Å²) in [6, 6.07) is 15.2. The molecule has 14 heteroatoms. The minimum Gasteiger partial charge on any atom is -0.496 e. The van der Waals surface area contributed by atoms with Gasteiger partial charge in [0.15, 0.2) is 5.76 Å². The molecule has 6 rings (SSSR count). The number of carbonyl (C=O) groups is 1. The van der Waals surface area contributed by atoms with Gasteiger partial charge in [-0.25, -0.2) is 9.50 Å². The first-order chi connectivity index (χ1) is 21.1. The van der Waals surface area contributed by atoms with Crippen molar-refractivity contribution in [1.82, 2.24) is 14.6 Å². The van der Waals surface area contributed by atoms with Gasteiger partial charge in [-0.15, -0.1) is 5.10 Å². The molecule has 0 saturated heterocycles. The zero-order chi connectivity index (χ0) is 31.0. The topological polar surface area (TPSA) is 109 Å². The number of furan rings is 1. The highest BCUT2D eigenvalue weighted by molar-refractivity contribution is 7.18. The van der Waals surface area contributed by atoms with Crippen LogP contribution in [-0.4, -0.2) is 41.8 Å². The predicted octanol–water partition coefficient (Wildman–Crippen LogP) is 7.08. The third kappa shape index (κ3) is 5.71. The summed E-state index contributed by atoms with van der Waals surface area (Å²) in [5.74, 6) is 0.440. The van der Waals surface area contributed by atoms with Crippen molar-refractivity contribution in [2.24, 2.45) is 0 Å². The van der Waals surface area contributed by atoms with Crippen molar-refractivity contribution in [3.05, 3.63) is 83.6 Å². The predicted molar refractivity (Wildman–Crippen MR) is 156 cm³/mol. The van der Waals surface area contributed by atoms with E-state index in [1.165, 1.54) is 31.6 Å². The van der Waals surface area contributed by atoms with Crippen molar-refractivity contribution in [2.75, 3.05) is 26.6 Å². The van der Waals surface area contributed by atoms with Gasteiger partial charge >= 0.3 is 6.18 Å². The van der Waals surface area contributed by atoms with E-state index in [1.54, 1.807) is 47.1 Å². The number of ether oxygens (including phenoxy) is 4. The standard InChI is InChI=1S/C30H23F3N4O6S/c1-39-19-11-24(20-13-26(43-25(20)12-19)22-14-37-28(35-22)44-29(36-37)41-3)42-15-16-5-4-6-18(9-16)34-27(38)17-7-8-23(40-2)21(10-17)30(31,32)33/h4-14H,15H2,1-3H3,(H,34,38). The Kier molecular flexibility index (Phi) is 7.51. The summed E-state index contributed by atoms with van der Waals surface area (Å²) in [5, 5.41) is 8.11. The number of aromatic nitrogens is 3. The van der Waals surface area contributed by atoms with E-state index in [0.717, 1.165) is 19.2 Å². The van der Waals surface area contributed by atoms with Crippen LogP contribution >= 0.6 is 11.3 Å². The van der Waals surface area contributed by atoms with Crippen LogP contribution in [-0.2, 0) is 12.8 Å². The largest absolute Gasteiger partial charge is 0.496 e. The van der Waals surface area contributed by atoms with Crippen LogP contribution < -0.4 is 24.3 Å². The normalized spacial score (nSPS) is 11.6. The summed E-state index contributed by atoms with van der Waals surface area (Å²) >= 11 is 1.30. The Hall–Kier alpha value is -5.24. The molecule has 0 spiro atoms. The van der Waals surface area contributed by atoms with E-state index >= 15 is 0 Å². The van der Waals surface area contributed by atoms with Gasteiger partial charge in [0.1, 0.15) is 35.1 Å². The van der Waals surface area contributed by atoms with Crippen LogP contribution in [0.1, 0.15) is 21.5 Å². The summed E-state index contributed by atoms with van der Waals surface area (Å²) in [6.07, 6.45) is -2.94. The first-order valence-corrected chi connectivity index (χ1v) is 13.8. The second-order valence-corrected chi connectivity index (χ2v) is 10.3. The lowest BCUT2D eigenvalue weighted by Crippen LogP contribution is -2.15. The fourth-order valence-electron chi connectivity index (χ4n) is 4.50. The molecule has 0 fully saturated rings. The maximum atomic E-state index is 13.4. The average Bonchev–Trinajstić information content (AvgIpc) is 3.72. The van der Waals surface area contributed by atoms with E-state index in [2.05, 4.69) is 15.4 Å². The smallest absolute Gasteiger partial charge is 0.419 e. The maximum absolute atomic E-state index is 13.4. The number of carbonyl (C=O) groups excluding carboxylic acids is 1. The van der Waals surface area contributed by atoms with Gasteiger partial charge in [-0.1, -0.05) is 12.1 Å². The molecular weight excluding hydrogens is 601 g/mol. The zero-order valence-electron chi connectivity index (χ0n) is 23.4. The fourth-order valence-corrected chi connectivity index (χ4v) is 5.20. The molecule has 3 heterocycles. The number of anilines is 1. The van der Waals surface area contributed by atoms with Gasteiger partial charge in [-0.05, 0) is 53.3 Å². The lowest BCUT2D eigenvalue weighted by atomic mass is 10.1. The number of hydrogen-bond donors (Lipinski definition) is 1. The molecule has 1 N–H and O–H groups in total. The number of amides is 1. The Morgan fingerprint density at radius 1 is 1.00 bits per heavy atom. The fraction of sp³-hybridized carbons (Fsp3) is 0.167. The maximum Gasteiger partial charge on any atom is 0.419 e. The van der Waals surface area contributed by atoms with Crippen molar-refractivity contribution in [3.63, 3.8) is 0 Å². The first-order valence-electron chi connectivity index (χ1n) is 13.0. The molecule has 0 aliphatic rings. The quantitative estimate of drug-likeness (QED) is 0.182. The number of rotatable bonds is 9. The van der Waals surface area contributed by atoms with E-state index in [4.69, 9.17) is 23.4 Å². The number of halogens is 3. The van der Waals surface area contributed by atoms with Gasteiger partial charge in [-0.3, -0.25) is 4.79 Å². The van der Waals surface area contributed by atoms with Gasteiger partial charge in [-0.2, -0.15) is 13.2 Å². The number of hydrogen-bond acceptors (Lipinski definition) is 9. The van der Waals surface area contributed by atoms with Crippen LogP contribution in [0.3, 0.4) is 0 Å². The number of imidazole rings is 1.